The first-order valence-corrected chi connectivity index (χ1v) is 17.5. The first kappa shape index (κ1) is 34.7. The van der Waals surface area contributed by atoms with Gasteiger partial charge in [0.1, 0.15) is 24.4 Å². The minimum Gasteiger partial charge on any atom is -0.481 e. The third-order valence-corrected chi connectivity index (χ3v) is 15.3. The predicted molar refractivity (Wildman–Crippen MR) is 168 cm³/mol. The van der Waals surface area contributed by atoms with Gasteiger partial charge in [0.25, 0.3) is 0 Å². The summed E-state index contributed by atoms with van der Waals surface area (Å²) in [5, 5.41) is 75.4. The molecule has 0 amide bonds. The molecule has 0 aromatic rings. The zero-order valence-corrected chi connectivity index (χ0v) is 28.6. The second-order valence-electron chi connectivity index (χ2n) is 18.0. The van der Waals surface area contributed by atoms with Gasteiger partial charge in [-0.05, 0) is 90.3 Å². The molecule has 4 saturated carbocycles. The van der Waals surface area contributed by atoms with Crippen LogP contribution in [-0.4, -0.2) is 97.3 Å². The zero-order chi connectivity index (χ0) is 34.0. The maximum Gasteiger partial charge on any atom is 0.310 e. The number of allylic oxidation sites excluding steroid dienone is 1. The molecule has 5 fully saturated rings. The van der Waals surface area contributed by atoms with Gasteiger partial charge >= 0.3 is 5.97 Å². The number of rotatable bonds is 4. The summed E-state index contributed by atoms with van der Waals surface area (Å²) in [6.45, 7) is 14.7. The Morgan fingerprint density at radius 3 is 2.17 bits per heavy atom. The highest BCUT2D eigenvalue weighted by molar-refractivity contribution is 5.77. The number of hydrogen-bond acceptors (Lipinski definition) is 9. The van der Waals surface area contributed by atoms with Gasteiger partial charge in [0.05, 0.1) is 30.3 Å². The summed E-state index contributed by atoms with van der Waals surface area (Å²) in [5.41, 5.74) is -1.55. The molecule has 1 heterocycles. The molecule has 0 radical (unpaired) electrons. The Bertz CT molecular complexity index is 1250. The molecule has 15 atom stereocenters. The summed E-state index contributed by atoms with van der Waals surface area (Å²) < 4.78 is 12.0. The number of aliphatic hydroxyl groups excluding tert-OH is 6. The second kappa shape index (κ2) is 10.9. The SMILES string of the molecule is CC1(C)CCC2(C(=O)O)CCC3(C)C(=CCC4C5(C)CC(O)C(OC6OC(CO)C(O)C(O)C6O)C(C)(C)C5CCC43C)C2C1O. The average molecular weight is 651 g/mol. The Hall–Kier alpha value is -1.11. The highest BCUT2D eigenvalue weighted by atomic mass is 16.7. The molecule has 0 spiro atoms. The highest BCUT2D eigenvalue weighted by Crippen LogP contribution is 2.76. The van der Waals surface area contributed by atoms with E-state index in [1.807, 2.05) is 0 Å². The molecule has 10 heteroatoms. The van der Waals surface area contributed by atoms with Crippen LogP contribution in [0, 0.1) is 50.2 Å². The standard InChI is InChI=1S/C36H58O10/c1-31(2)12-14-36(30(43)44)15-13-34(6)18(23(36)27(31)42)8-9-22-33(5)16-19(38)28(32(3,4)21(33)10-11-35(22,34)7)46-29-26(41)25(40)24(39)20(17-37)45-29/h8,19-29,37-42H,9-17H2,1-7H3,(H,43,44). The molecule has 1 saturated heterocycles. The maximum absolute atomic E-state index is 13.0. The van der Waals surface area contributed by atoms with E-state index in [2.05, 4.69) is 54.5 Å². The van der Waals surface area contributed by atoms with Gasteiger partial charge in [0.2, 0.25) is 0 Å². The Kier molecular flexibility index (Phi) is 8.27. The fraction of sp³-hybridized carbons (Fsp3) is 0.917. The largest absolute Gasteiger partial charge is 0.481 e. The molecule has 0 aromatic heterocycles. The van der Waals surface area contributed by atoms with E-state index in [4.69, 9.17) is 9.47 Å². The summed E-state index contributed by atoms with van der Waals surface area (Å²) in [7, 11) is 0. The van der Waals surface area contributed by atoms with Crippen molar-refractivity contribution < 1.29 is 50.0 Å². The summed E-state index contributed by atoms with van der Waals surface area (Å²) in [4.78, 5) is 13.0. The number of carbonyl (C=O) groups is 1. The fourth-order valence-electron chi connectivity index (χ4n) is 12.3. The van der Waals surface area contributed by atoms with Gasteiger partial charge in [-0.25, -0.2) is 0 Å². The lowest BCUT2D eigenvalue weighted by Crippen LogP contribution is -2.69. The first-order chi connectivity index (χ1) is 21.2. The number of carboxylic acid groups (broad SMARTS) is 1. The molecule has 15 unspecified atom stereocenters. The van der Waals surface area contributed by atoms with E-state index in [9.17, 15) is 40.5 Å². The van der Waals surface area contributed by atoms with Crippen LogP contribution in [0.4, 0.5) is 0 Å². The summed E-state index contributed by atoms with van der Waals surface area (Å²) in [5.74, 6) is -0.891. The molecule has 5 aliphatic carbocycles. The lowest BCUT2D eigenvalue weighted by Gasteiger charge is -2.72. The minimum absolute atomic E-state index is 0.135. The number of hydrogen-bond donors (Lipinski definition) is 7. The van der Waals surface area contributed by atoms with E-state index < -0.39 is 78.3 Å². The molecule has 6 rings (SSSR count). The van der Waals surface area contributed by atoms with E-state index in [0.29, 0.717) is 25.7 Å². The Balaban J connectivity index is 1.33. The third kappa shape index (κ3) is 4.46. The molecule has 1 aliphatic heterocycles. The quantitative estimate of drug-likeness (QED) is 0.177. The minimum atomic E-state index is -1.56. The highest BCUT2D eigenvalue weighted by Gasteiger charge is 2.71. The Labute approximate surface area is 273 Å². The smallest absolute Gasteiger partial charge is 0.310 e. The van der Waals surface area contributed by atoms with Crippen LogP contribution in [0.3, 0.4) is 0 Å². The molecular weight excluding hydrogens is 592 g/mol. The summed E-state index contributed by atoms with van der Waals surface area (Å²) in [6.07, 6.45) is -1.61. The van der Waals surface area contributed by atoms with Crippen molar-refractivity contribution in [2.24, 2.45) is 50.2 Å². The van der Waals surface area contributed by atoms with Crippen molar-refractivity contribution in [1.29, 1.82) is 0 Å². The lowest BCUT2D eigenvalue weighted by molar-refractivity contribution is -0.341. The van der Waals surface area contributed by atoms with Crippen LogP contribution in [-0.2, 0) is 14.3 Å². The molecule has 0 bridgehead atoms. The van der Waals surface area contributed by atoms with Crippen LogP contribution in [0.25, 0.3) is 0 Å². The van der Waals surface area contributed by atoms with Crippen LogP contribution >= 0.6 is 0 Å². The van der Waals surface area contributed by atoms with Crippen LogP contribution in [0.1, 0.15) is 99.8 Å². The van der Waals surface area contributed by atoms with Gasteiger partial charge in [-0.3, -0.25) is 4.79 Å². The Morgan fingerprint density at radius 2 is 1.54 bits per heavy atom. The van der Waals surface area contributed by atoms with Crippen molar-refractivity contribution in [3.63, 3.8) is 0 Å². The van der Waals surface area contributed by atoms with E-state index in [-0.39, 0.29) is 33.5 Å². The van der Waals surface area contributed by atoms with Gasteiger partial charge in [-0.2, -0.15) is 0 Å². The molecule has 6 aliphatic rings. The summed E-state index contributed by atoms with van der Waals surface area (Å²) in [6, 6.07) is 0. The number of carboxylic acids is 1. The van der Waals surface area contributed by atoms with Gasteiger partial charge < -0.3 is 45.2 Å². The first-order valence-electron chi connectivity index (χ1n) is 17.5. The normalized spacial score (nSPS) is 54.4. The second-order valence-corrected chi connectivity index (χ2v) is 18.0. The topological polar surface area (TPSA) is 177 Å². The van der Waals surface area contributed by atoms with Crippen LogP contribution in [0.15, 0.2) is 11.6 Å². The Morgan fingerprint density at radius 1 is 0.891 bits per heavy atom. The van der Waals surface area contributed by atoms with Crippen molar-refractivity contribution >= 4 is 5.97 Å². The van der Waals surface area contributed by atoms with Gasteiger partial charge in [-0.15, -0.1) is 0 Å². The monoisotopic (exact) mass is 650 g/mol. The van der Waals surface area contributed by atoms with Crippen LogP contribution < -0.4 is 0 Å². The van der Waals surface area contributed by atoms with E-state index in [0.717, 1.165) is 31.3 Å². The molecular formula is C36H58O10. The van der Waals surface area contributed by atoms with Crippen molar-refractivity contribution in [1.82, 2.24) is 0 Å². The van der Waals surface area contributed by atoms with Crippen molar-refractivity contribution in [2.45, 2.75) is 149 Å². The van der Waals surface area contributed by atoms with E-state index in [1.165, 1.54) is 0 Å². The molecule has 7 N–H and O–H groups in total. The third-order valence-electron chi connectivity index (χ3n) is 15.3. The number of aliphatic hydroxyl groups is 6. The van der Waals surface area contributed by atoms with Gasteiger partial charge in [-0.1, -0.05) is 60.1 Å². The van der Waals surface area contributed by atoms with Crippen molar-refractivity contribution in [2.75, 3.05) is 6.61 Å². The summed E-state index contributed by atoms with van der Waals surface area (Å²) >= 11 is 0. The van der Waals surface area contributed by atoms with Crippen molar-refractivity contribution in [3.05, 3.63) is 11.6 Å². The molecule has 10 nitrogen and oxygen atoms in total. The number of fused-ring (bicyclic) bond motifs is 7. The number of aliphatic carboxylic acids is 1. The van der Waals surface area contributed by atoms with E-state index in [1.54, 1.807) is 0 Å². The lowest BCUT2D eigenvalue weighted by atomic mass is 9.33. The predicted octanol–water partition coefficient (Wildman–Crippen LogP) is 3.00. The average Bonchev–Trinajstić information content (AvgIpc) is 2.97. The van der Waals surface area contributed by atoms with Crippen LogP contribution in [0.2, 0.25) is 0 Å². The molecule has 262 valence electrons. The van der Waals surface area contributed by atoms with Crippen LogP contribution in [0.5, 0.6) is 0 Å². The molecule has 46 heavy (non-hydrogen) atoms. The fourth-order valence-corrected chi connectivity index (χ4v) is 12.3. The van der Waals surface area contributed by atoms with Crippen molar-refractivity contribution in [3.8, 4) is 0 Å². The zero-order valence-electron chi connectivity index (χ0n) is 28.6. The van der Waals surface area contributed by atoms with E-state index >= 15 is 0 Å². The van der Waals surface area contributed by atoms with Gasteiger partial charge in [0.15, 0.2) is 6.29 Å². The van der Waals surface area contributed by atoms with Gasteiger partial charge in [0, 0.05) is 5.92 Å². The maximum atomic E-state index is 13.0. The molecule has 0 aromatic carbocycles. The number of ether oxygens (including phenoxy) is 2.